The second-order valence-corrected chi connectivity index (χ2v) is 6.49. The van der Waals surface area contributed by atoms with Crippen molar-refractivity contribution in [3.8, 4) is 0 Å². The van der Waals surface area contributed by atoms with Crippen LogP contribution >= 0.6 is 0 Å². The van der Waals surface area contributed by atoms with Crippen LogP contribution in [0.3, 0.4) is 0 Å². The van der Waals surface area contributed by atoms with E-state index in [0.29, 0.717) is 0 Å². The molecule has 4 N–H and O–H groups in total. The second kappa shape index (κ2) is 6.55. The molecule has 4 atom stereocenters. The number of imide groups is 2. The average Bonchev–Trinajstić information content (AvgIpc) is 2.47. The number of hydrogen-bond acceptors (Lipinski definition) is 8. The Hall–Kier alpha value is -1.88. The third-order valence-corrected chi connectivity index (χ3v) is 4.74. The van der Waals surface area contributed by atoms with Gasteiger partial charge in [0.1, 0.15) is 0 Å². The summed E-state index contributed by atoms with van der Waals surface area (Å²) in [6, 6.07) is -0.839. The molecule has 3 fully saturated rings. The first-order chi connectivity index (χ1) is 11.3. The highest BCUT2D eigenvalue weighted by molar-refractivity contribution is 6.00. The average molecular weight is 340 g/mol. The van der Waals surface area contributed by atoms with Crippen LogP contribution in [-0.4, -0.2) is 94.1 Å². The van der Waals surface area contributed by atoms with Gasteiger partial charge in [-0.15, -0.1) is 0 Å². The summed E-state index contributed by atoms with van der Waals surface area (Å²) >= 11 is 0. The number of nitrogens with one attached hydrogen (secondary N) is 2. The van der Waals surface area contributed by atoms with Gasteiger partial charge in [0.25, 0.3) is 0 Å². The zero-order chi connectivity index (χ0) is 17.4. The first-order valence-electron chi connectivity index (χ1n) is 7.83. The summed E-state index contributed by atoms with van der Waals surface area (Å²) in [5.41, 5.74) is 0. The Bertz CT molecular complexity index is 500. The lowest BCUT2D eigenvalue weighted by atomic mass is 9.83. The molecule has 2 aliphatic heterocycles. The molecule has 4 amide bonds. The number of hydrogen-bond donors (Lipinski definition) is 4. The van der Waals surface area contributed by atoms with E-state index in [4.69, 9.17) is 0 Å². The molecule has 10 heteroatoms. The summed E-state index contributed by atoms with van der Waals surface area (Å²) in [6.45, 7) is -0.0409. The maximum Gasteiger partial charge on any atom is 0.240 e. The minimum Gasteiger partial charge on any atom is -0.390 e. The first-order valence-corrected chi connectivity index (χ1v) is 7.83. The quantitative estimate of drug-likeness (QED) is 0.375. The van der Waals surface area contributed by atoms with E-state index in [1.165, 1.54) is 0 Å². The van der Waals surface area contributed by atoms with Crippen molar-refractivity contribution in [2.24, 2.45) is 0 Å². The predicted octanol–water partition coefficient (Wildman–Crippen LogP) is -3.84. The number of rotatable bonds is 2. The van der Waals surface area contributed by atoms with Crippen LogP contribution in [0.2, 0.25) is 0 Å². The molecule has 0 spiro atoms. The Morgan fingerprint density at radius 2 is 0.958 bits per heavy atom. The van der Waals surface area contributed by atoms with E-state index in [-0.39, 0.29) is 39.0 Å². The van der Waals surface area contributed by atoms with Gasteiger partial charge in [-0.05, 0) is 12.8 Å². The number of aliphatic hydroxyl groups excluding tert-OH is 2. The lowest BCUT2D eigenvalue weighted by Crippen LogP contribution is -2.66. The molecule has 3 rings (SSSR count). The van der Waals surface area contributed by atoms with E-state index in [9.17, 15) is 29.4 Å². The Balaban J connectivity index is 1.82. The fourth-order valence-corrected chi connectivity index (χ4v) is 3.70. The third kappa shape index (κ3) is 3.46. The highest BCUT2D eigenvalue weighted by atomic mass is 16.3. The van der Waals surface area contributed by atoms with E-state index in [1.54, 1.807) is 9.80 Å². The Kier molecular flexibility index (Phi) is 4.63. The van der Waals surface area contributed by atoms with Gasteiger partial charge in [-0.3, -0.25) is 39.6 Å². The fourth-order valence-electron chi connectivity index (χ4n) is 3.70. The molecule has 2 saturated heterocycles. The van der Waals surface area contributed by atoms with E-state index in [2.05, 4.69) is 10.6 Å². The number of piperazine rings is 2. The zero-order valence-corrected chi connectivity index (χ0v) is 13.0. The molecule has 2 heterocycles. The van der Waals surface area contributed by atoms with E-state index < -0.39 is 47.9 Å². The zero-order valence-electron chi connectivity index (χ0n) is 13.0. The SMILES string of the molecule is O=C1CN(C2CC(O)C(O)CC2N2CC(=O)NC(=O)C2)CC(=O)N1. The minimum atomic E-state index is -0.986. The van der Waals surface area contributed by atoms with Crippen molar-refractivity contribution in [2.45, 2.75) is 37.1 Å². The smallest absolute Gasteiger partial charge is 0.240 e. The van der Waals surface area contributed by atoms with Crippen molar-refractivity contribution in [2.75, 3.05) is 26.2 Å². The topological polar surface area (TPSA) is 139 Å². The summed E-state index contributed by atoms with van der Waals surface area (Å²) < 4.78 is 0. The van der Waals surface area contributed by atoms with E-state index in [0.717, 1.165) is 0 Å². The molecule has 0 aromatic heterocycles. The molecule has 1 saturated carbocycles. The van der Waals surface area contributed by atoms with Gasteiger partial charge in [-0.25, -0.2) is 0 Å². The number of carbonyl (C=O) groups is 4. The lowest BCUT2D eigenvalue weighted by Gasteiger charge is -2.48. The number of carbonyl (C=O) groups excluding carboxylic acids is 4. The van der Waals surface area contributed by atoms with Crippen LogP contribution in [0.15, 0.2) is 0 Å². The van der Waals surface area contributed by atoms with Crippen LogP contribution < -0.4 is 10.6 Å². The highest BCUT2D eigenvalue weighted by Gasteiger charge is 2.44. The van der Waals surface area contributed by atoms with Crippen molar-refractivity contribution in [3.05, 3.63) is 0 Å². The van der Waals surface area contributed by atoms with Crippen LogP contribution in [-0.2, 0) is 19.2 Å². The van der Waals surface area contributed by atoms with E-state index >= 15 is 0 Å². The van der Waals surface area contributed by atoms with Crippen LogP contribution in [0, 0.1) is 0 Å². The van der Waals surface area contributed by atoms with Crippen molar-refractivity contribution in [1.29, 1.82) is 0 Å². The maximum atomic E-state index is 11.6. The summed E-state index contributed by atoms with van der Waals surface area (Å²) in [6.07, 6.45) is -1.67. The van der Waals surface area contributed by atoms with Gasteiger partial charge in [0.15, 0.2) is 0 Å². The molecule has 0 aromatic carbocycles. The maximum absolute atomic E-state index is 11.6. The van der Waals surface area contributed by atoms with Gasteiger partial charge in [0.2, 0.25) is 23.6 Å². The van der Waals surface area contributed by atoms with Crippen LogP contribution in [0.4, 0.5) is 0 Å². The summed E-state index contributed by atoms with van der Waals surface area (Å²) in [5.74, 6) is -1.73. The minimum absolute atomic E-state index is 0.0102. The fraction of sp³-hybridized carbons (Fsp3) is 0.714. The summed E-state index contributed by atoms with van der Waals surface area (Å²) in [7, 11) is 0. The van der Waals surface area contributed by atoms with Crippen LogP contribution in [0.5, 0.6) is 0 Å². The molecule has 0 radical (unpaired) electrons. The molecule has 10 nitrogen and oxygen atoms in total. The standard InChI is InChI=1S/C14H20N4O6/c19-9-1-7(17-3-11(21)15-12(22)4-17)8(2-10(9)20)18-5-13(23)16-14(24)6-18/h7-10,19-20H,1-6H2,(H,15,21,22)(H,16,23,24). The summed E-state index contributed by atoms with van der Waals surface area (Å²) in [4.78, 5) is 49.8. The summed E-state index contributed by atoms with van der Waals surface area (Å²) in [5, 5.41) is 24.4. The monoisotopic (exact) mass is 340 g/mol. The highest BCUT2D eigenvalue weighted by Crippen LogP contribution is 2.29. The second-order valence-electron chi connectivity index (χ2n) is 6.49. The van der Waals surface area contributed by atoms with Gasteiger partial charge < -0.3 is 10.2 Å². The van der Waals surface area contributed by atoms with Crippen molar-refractivity contribution >= 4 is 23.6 Å². The van der Waals surface area contributed by atoms with Crippen LogP contribution in [0.25, 0.3) is 0 Å². The molecule has 3 aliphatic rings. The normalized spacial score (nSPS) is 36.4. The Morgan fingerprint density at radius 3 is 1.25 bits per heavy atom. The third-order valence-electron chi connectivity index (χ3n) is 4.74. The number of amides is 4. The molecule has 24 heavy (non-hydrogen) atoms. The van der Waals surface area contributed by atoms with Gasteiger partial charge in [-0.1, -0.05) is 0 Å². The predicted molar refractivity (Wildman–Crippen MR) is 78.3 cm³/mol. The van der Waals surface area contributed by atoms with Gasteiger partial charge in [0.05, 0.1) is 38.4 Å². The van der Waals surface area contributed by atoms with Crippen molar-refractivity contribution in [1.82, 2.24) is 20.4 Å². The molecular weight excluding hydrogens is 320 g/mol. The molecule has 1 aliphatic carbocycles. The van der Waals surface area contributed by atoms with E-state index in [1.807, 2.05) is 0 Å². The van der Waals surface area contributed by atoms with Gasteiger partial charge >= 0.3 is 0 Å². The first kappa shape index (κ1) is 17.0. The van der Waals surface area contributed by atoms with Crippen molar-refractivity contribution in [3.63, 3.8) is 0 Å². The molecular formula is C14H20N4O6. The largest absolute Gasteiger partial charge is 0.390 e. The number of aliphatic hydroxyl groups is 2. The lowest BCUT2D eigenvalue weighted by molar-refractivity contribution is -0.146. The Labute approximate surface area is 137 Å². The molecule has 4 unspecified atom stereocenters. The van der Waals surface area contributed by atoms with Crippen molar-refractivity contribution < 1.29 is 29.4 Å². The van der Waals surface area contributed by atoms with Gasteiger partial charge in [-0.2, -0.15) is 0 Å². The molecule has 0 aromatic rings. The molecule has 132 valence electrons. The van der Waals surface area contributed by atoms with Gasteiger partial charge in [0, 0.05) is 12.1 Å². The molecule has 0 bridgehead atoms. The number of nitrogens with zero attached hydrogens (tertiary/aromatic N) is 2. The van der Waals surface area contributed by atoms with Crippen LogP contribution in [0.1, 0.15) is 12.8 Å². The Morgan fingerprint density at radius 1 is 0.667 bits per heavy atom.